The van der Waals surface area contributed by atoms with Crippen LogP contribution in [0.1, 0.15) is 30.0 Å². The molecule has 1 spiro atoms. The van der Waals surface area contributed by atoms with E-state index >= 15 is 0 Å². The number of rotatable bonds is 3. The Morgan fingerprint density at radius 3 is 2.53 bits per heavy atom. The predicted octanol–water partition coefficient (Wildman–Crippen LogP) is 3.53. The van der Waals surface area contributed by atoms with Crippen molar-refractivity contribution < 1.29 is 26.1 Å². The van der Waals surface area contributed by atoms with E-state index in [-0.39, 0.29) is 29.1 Å². The third-order valence-electron chi connectivity index (χ3n) is 5.45. The summed E-state index contributed by atoms with van der Waals surface area (Å²) < 4.78 is 69.3. The average Bonchev–Trinajstić information content (AvgIpc) is 3.26. The number of nitrogens with zero attached hydrogens (tertiary/aromatic N) is 4. The van der Waals surface area contributed by atoms with E-state index in [0.29, 0.717) is 11.4 Å². The van der Waals surface area contributed by atoms with Crippen LogP contribution in [0.3, 0.4) is 0 Å². The molecule has 2 aliphatic rings. The Kier molecular flexibility index (Phi) is 3.98. The van der Waals surface area contributed by atoms with Gasteiger partial charge in [-0.05, 0) is 36.6 Å². The second-order valence-electron chi connectivity index (χ2n) is 7.52. The lowest BCUT2D eigenvalue weighted by molar-refractivity contribution is -0.159. The monoisotopic (exact) mass is 436 g/mol. The van der Waals surface area contributed by atoms with Gasteiger partial charge in [0.25, 0.3) is 0 Å². The van der Waals surface area contributed by atoms with Gasteiger partial charge in [0.2, 0.25) is 15.8 Å². The average molecular weight is 436 g/mol. The van der Waals surface area contributed by atoms with Crippen molar-refractivity contribution in [2.24, 2.45) is 0 Å². The smallest absolute Gasteiger partial charge is 0.329 e. The highest BCUT2D eigenvalue weighted by Crippen LogP contribution is 2.55. The Labute approximate surface area is 169 Å². The summed E-state index contributed by atoms with van der Waals surface area (Å²) in [6.07, 6.45) is -1.72. The van der Waals surface area contributed by atoms with Crippen molar-refractivity contribution >= 4 is 15.7 Å². The van der Waals surface area contributed by atoms with Gasteiger partial charge in [-0.3, -0.25) is 9.29 Å². The number of fused-ring (bicyclic) bond motifs is 2. The van der Waals surface area contributed by atoms with Gasteiger partial charge in [0, 0.05) is 17.2 Å². The van der Waals surface area contributed by atoms with Crippen LogP contribution in [0.15, 0.2) is 47.1 Å². The third kappa shape index (κ3) is 3.13. The zero-order chi connectivity index (χ0) is 21.1. The van der Waals surface area contributed by atoms with Gasteiger partial charge in [0.05, 0.1) is 23.7 Å². The molecule has 0 amide bonds. The van der Waals surface area contributed by atoms with Crippen molar-refractivity contribution in [1.29, 1.82) is 0 Å². The second-order valence-corrected chi connectivity index (χ2v) is 9.41. The molecule has 1 fully saturated rings. The lowest BCUT2D eigenvalue weighted by atomic mass is 9.96. The highest BCUT2D eigenvalue weighted by Gasteiger charge is 2.53. The molecule has 2 aromatic heterocycles. The van der Waals surface area contributed by atoms with Crippen molar-refractivity contribution in [2.75, 3.05) is 10.1 Å². The van der Waals surface area contributed by atoms with Crippen molar-refractivity contribution in [3.8, 4) is 11.4 Å². The maximum atomic E-state index is 12.9. The van der Waals surface area contributed by atoms with E-state index in [4.69, 9.17) is 0 Å². The number of sulfonamides is 1. The van der Waals surface area contributed by atoms with Crippen molar-refractivity contribution in [3.05, 3.63) is 59.7 Å². The zero-order valence-electron chi connectivity index (χ0n) is 15.4. The molecule has 0 radical (unpaired) electrons. The lowest BCUT2D eigenvalue weighted by Crippen LogP contribution is -2.42. The summed E-state index contributed by atoms with van der Waals surface area (Å²) in [4.78, 5) is 7.53. The predicted molar refractivity (Wildman–Crippen MR) is 99.9 cm³/mol. The molecule has 11 heteroatoms. The van der Waals surface area contributed by atoms with E-state index in [0.717, 1.165) is 18.4 Å². The molecule has 3 heterocycles. The minimum atomic E-state index is -4.73. The molecule has 0 bridgehead atoms. The number of aromatic nitrogens is 3. The first-order valence-electron chi connectivity index (χ1n) is 9.14. The van der Waals surface area contributed by atoms with Crippen LogP contribution in [-0.2, 0) is 28.2 Å². The van der Waals surface area contributed by atoms with Gasteiger partial charge in [-0.1, -0.05) is 23.4 Å². The molecular weight excluding hydrogens is 421 g/mol. The topological polar surface area (TPSA) is 89.2 Å². The van der Waals surface area contributed by atoms with Gasteiger partial charge in [-0.2, -0.15) is 18.2 Å². The third-order valence-corrected chi connectivity index (χ3v) is 7.36. The molecule has 1 saturated carbocycles. The molecule has 30 heavy (non-hydrogen) atoms. The molecule has 1 aliphatic heterocycles. The SMILES string of the molecule is O=S1(=O)CC2(CC2)c2ccccc2N1Cc1ccc(-c2noc(C(F)(F)F)n2)cn1. The van der Waals surface area contributed by atoms with Gasteiger partial charge in [0.15, 0.2) is 0 Å². The summed E-state index contributed by atoms with van der Waals surface area (Å²) >= 11 is 0. The Bertz CT molecular complexity index is 1220. The summed E-state index contributed by atoms with van der Waals surface area (Å²) in [6, 6.07) is 10.5. The lowest BCUT2D eigenvalue weighted by Gasteiger charge is -2.35. The number of alkyl halides is 3. The van der Waals surface area contributed by atoms with Crippen LogP contribution in [0, 0.1) is 0 Å². The maximum Gasteiger partial charge on any atom is 0.471 e. The van der Waals surface area contributed by atoms with Gasteiger partial charge in [-0.15, -0.1) is 0 Å². The second kappa shape index (κ2) is 6.27. The molecule has 1 aromatic carbocycles. The number of anilines is 1. The van der Waals surface area contributed by atoms with Crippen LogP contribution in [0.5, 0.6) is 0 Å². The van der Waals surface area contributed by atoms with Crippen LogP contribution in [0.25, 0.3) is 11.4 Å². The summed E-state index contributed by atoms with van der Waals surface area (Å²) in [5, 5.41) is 3.32. The van der Waals surface area contributed by atoms with Crippen LogP contribution in [0.2, 0.25) is 0 Å². The Morgan fingerprint density at radius 1 is 1.13 bits per heavy atom. The highest BCUT2D eigenvalue weighted by molar-refractivity contribution is 7.92. The quantitative estimate of drug-likeness (QED) is 0.624. The molecule has 5 rings (SSSR count). The highest BCUT2D eigenvalue weighted by atomic mass is 32.2. The molecule has 1 aliphatic carbocycles. The first-order chi connectivity index (χ1) is 14.2. The van der Waals surface area contributed by atoms with E-state index in [1.807, 2.05) is 12.1 Å². The summed E-state index contributed by atoms with van der Waals surface area (Å²) in [5.41, 5.74) is 2.08. The van der Waals surface area contributed by atoms with Crippen molar-refractivity contribution in [1.82, 2.24) is 15.1 Å². The van der Waals surface area contributed by atoms with Gasteiger partial charge in [-0.25, -0.2) is 8.42 Å². The fraction of sp³-hybridized carbons (Fsp3) is 0.316. The van der Waals surface area contributed by atoms with Crippen LogP contribution >= 0.6 is 0 Å². The van der Waals surface area contributed by atoms with E-state index < -0.39 is 22.1 Å². The first-order valence-corrected chi connectivity index (χ1v) is 10.8. The largest absolute Gasteiger partial charge is 0.471 e. The number of para-hydroxylation sites is 1. The summed E-state index contributed by atoms with van der Waals surface area (Å²) in [6.45, 7) is 0.0236. The molecule has 0 unspecified atom stereocenters. The number of hydrogen-bond donors (Lipinski definition) is 0. The number of benzene rings is 1. The summed E-state index contributed by atoms with van der Waals surface area (Å²) in [5.74, 6) is -1.61. The summed E-state index contributed by atoms with van der Waals surface area (Å²) in [7, 11) is -3.53. The van der Waals surface area contributed by atoms with Crippen LogP contribution in [-0.4, -0.2) is 29.3 Å². The number of hydrogen-bond acceptors (Lipinski definition) is 6. The Hall–Kier alpha value is -2.95. The van der Waals surface area contributed by atoms with Crippen LogP contribution in [0.4, 0.5) is 18.9 Å². The normalized spacial score (nSPS) is 19.0. The maximum absolute atomic E-state index is 12.9. The first kappa shape index (κ1) is 19.0. The molecule has 0 atom stereocenters. The minimum absolute atomic E-state index is 0.0236. The number of pyridine rings is 1. The van der Waals surface area contributed by atoms with Crippen molar-refractivity contribution in [3.63, 3.8) is 0 Å². The van der Waals surface area contributed by atoms with E-state index in [2.05, 4.69) is 19.6 Å². The Balaban J connectivity index is 1.43. The van der Waals surface area contributed by atoms with Crippen molar-refractivity contribution in [2.45, 2.75) is 31.0 Å². The number of halogens is 3. The molecule has 7 nitrogen and oxygen atoms in total. The fourth-order valence-corrected chi connectivity index (χ4v) is 5.88. The van der Waals surface area contributed by atoms with Gasteiger partial charge in [0.1, 0.15) is 0 Å². The van der Waals surface area contributed by atoms with Crippen LogP contribution < -0.4 is 4.31 Å². The molecule has 0 N–H and O–H groups in total. The minimum Gasteiger partial charge on any atom is -0.329 e. The molecule has 3 aromatic rings. The van der Waals surface area contributed by atoms with E-state index in [1.165, 1.54) is 16.6 Å². The Morgan fingerprint density at radius 2 is 1.90 bits per heavy atom. The fourth-order valence-electron chi connectivity index (χ4n) is 3.80. The standard InChI is InChI=1S/C19H15F3N4O3S/c20-19(21,22)17-24-16(25-29-17)12-5-6-13(23-9-12)10-26-15-4-2-1-3-14(15)18(7-8-18)11-30(26,27)28/h1-6,9H,7-8,10-11H2. The van der Waals surface area contributed by atoms with E-state index in [1.54, 1.807) is 18.2 Å². The van der Waals surface area contributed by atoms with Gasteiger partial charge < -0.3 is 4.52 Å². The molecular formula is C19H15F3N4O3S. The molecule has 0 saturated heterocycles. The molecule has 156 valence electrons. The van der Waals surface area contributed by atoms with Gasteiger partial charge >= 0.3 is 12.1 Å². The zero-order valence-corrected chi connectivity index (χ0v) is 16.2. The van der Waals surface area contributed by atoms with E-state index in [9.17, 15) is 21.6 Å².